The Kier molecular flexibility index (Phi) is 3.02. The van der Waals surface area contributed by atoms with Gasteiger partial charge in [0.25, 0.3) is 0 Å². The van der Waals surface area contributed by atoms with Gasteiger partial charge in [-0.15, -0.1) is 0 Å². The zero-order chi connectivity index (χ0) is 13.4. The molecule has 0 aliphatic carbocycles. The Labute approximate surface area is 122 Å². The normalized spacial score (nSPS) is 11.0. The first-order valence-corrected chi connectivity index (χ1v) is 6.63. The van der Waals surface area contributed by atoms with Crippen LogP contribution in [0.4, 0.5) is 0 Å². The summed E-state index contributed by atoms with van der Waals surface area (Å²) >= 11 is 2.20. The predicted molar refractivity (Wildman–Crippen MR) is 77.2 cm³/mol. The fourth-order valence-corrected chi connectivity index (χ4v) is 2.35. The van der Waals surface area contributed by atoms with Gasteiger partial charge in [0.05, 0.1) is 16.3 Å². The van der Waals surface area contributed by atoms with Crippen LogP contribution in [0.5, 0.6) is 0 Å². The molecule has 0 unspecified atom stereocenters. The van der Waals surface area contributed by atoms with Gasteiger partial charge in [-0.25, -0.2) is 4.79 Å². The minimum atomic E-state index is -1.06. The molecule has 0 atom stereocenters. The van der Waals surface area contributed by atoms with Gasteiger partial charge < -0.3 is 9.52 Å². The molecule has 96 valence electrons. The van der Waals surface area contributed by atoms with E-state index >= 15 is 0 Å². The maximum absolute atomic E-state index is 10.8. The molecule has 0 aliphatic heterocycles. The van der Waals surface area contributed by atoms with Crippen molar-refractivity contribution in [3.63, 3.8) is 0 Å². The third-order valence-corrected chi connectivity index (χ3v) is 3.29. The summed E-state index contributed by atoms with van der Waals surface area (Å²) in [6.07, 6.45) is 3.74. The summed E-state index contributed by atoms with van der Waals surface area (Å²) in [5.41, 5.74) is 1.63. The molecule has 0 radical (unpaired) electrons. The second-order valence-corrected chi connectivity index (χ2v) is 5.39. The molecular formula is C13H9IN2O3. The molecule has 0 saturated heterocycles. The van der Waals surface area contributed by atoms with Gasteiger partial charge in [0, 0.05) is 11.6 Å². The highest BCUT2D eigenvalue weighted by Gasteiger charge is 2.10. The average Bonchev–Trinajstić information content (AvgIpc) is 2.95. The van der Waals surface area contributed by atoms with Crippen LogP contribution in [0, 0.1) is 3.57 Å². The van der Waals surface area contributed by atoms with Gasteiger partial charge in [0.1, 0.15) is 5.58 Å². The molecule has 19 heavy (non-hydrogen) atoms. The number of fused-ring (bicyclic) bond motifs is 1. The molecule has 3 rings (SSSR count). The Hall–Kier alpha value is -1.83. The van der Waals surface area contributed by atoms with Crippen molar-refractivity contribution in [2.45, 2.75) is 6.54 Å². The maximum atomic E-state index is 10.8. The number of carboxylic acids is 1. The summed E-state index contributed by atoms with van der Waals surface area (Å²) in [5, 5.41) is 13.9. The number of rotatable bonds is 3. The molecule has 0 spiro atoms. The Balaban J connectivity index is 1.94. The van der Waals surface area contributed by atoms with Crippen molar-refractivity contribution in [2.75, 3.05) is 0 Å². The van der Waals surface area contributed by atoms with E-state index in [2.05, 4.69) is 27.7 Å². The van der Waals surface area contributed by atoms with Gasteiger partial charge in [0.15, 0.2) is 0 Å². The van der Waals surface area contributed by atoms with Gasteiger partial charge >= 0.3 is 5.97 Å². The zero-order valence-electron chi connectivity index (χ0n) is 9.71. The third kappa shape index (κ3) is 2.48. The molecule has 0 saturated carbocycles. The lowest BCUT2D eigenvalue weighted by molar-refractivity contribution is 0.0665. The number of carbonyl (C=O) groups is 1. The van der Waals surface area contributed by atoms with Crippen molar-refractivity contribution in [1.29, 1.82) is 0 Å². The van der Waals surface area contributed by atoms with Crippen LogP contribution in [-0.4, -0.2) is 20.9 Å². The van der Waals surface area contributed by atoms with Crippen LogP contribution in [0.1, 0.15) is 16.1 Å². The number of furan rings is 1. The summed E-state index contributed by atoms with van der Waals surface area (Å²) < 4.78 is 8.13. The number of aromatic nitrogens is 2. The number of carboxylic acid groups (broad SMARTS) is 1. The van der Waals surface area contributed by atoms with Crippen LogP contribution in [0.3, 0.4) is 0 Å². The minimum absolute atomic E-state index is 0.0409. The molecule has 2 aromatic heterocycles. The highest BCUT2D eigenvalue weighted by atomic mass is 127. The number of hydrogen-bond acceptors (Lipinski definition) is 3. The van der Waals surface area contributed by atoms with Crippen molar-refractivity contribution < 1.29 is 14.3 Å². The molecule has 2 heterocycles. The highest BCUT2D eigenvalue weighted by Crippen LogP contribution is 2.21. The Morgan fingerprint density at radius 3 is 2.95 bits per heavy atom. The van der Waals surface area contributed by atoms with E-state index in [1.807, 2.05) is 23.0 Å². The van der Waals surface area contributed by atoms with Gasteiger partial charge in [-0.05, 0) is 46.4 Å². The molecule has 0 bridgehead atoms. The monoisotopic (exact) mass is 368 g/mol. The van der Waals surface area contributed by atoms with Gasteiger partial charge in [-0.3, -0.25) is 4.68 Å². The number of nitrogens with zero attached hydrogens (tertiary/aromatic N) is 2. The van der Waals surface area contributed by atoms with Crippen LogP contribution in [-0.2, 0) is 6.54 Å². The van der Waals surface area contributed by atoms with Gasteiger partial charge in [-0.2, -0.15) is 5.10 Å². The minimum Gasteiger partial charge on any atom is -0.475 e. The van der Waals surface area contributed by atoms with Crippen molar-refractivity contribution in [3.05, 3.63) is 51.6 Å². The zero-order valence-corrected chi connectivity index (χ0v) is 11.9. The van der Waals surface area contributed by atoms with Crippen molar-refractivity contribution in [1.82, 2.24) is 9.78 Å². The second kappa shape index (κ2) is 4.69. The number of halogens is 1. The standard InChI is InChI=1S/C13H9IN2O3/c14-10-5-15-16(7-10)6-8-1-2-11-9(3-8)4-12(19-11)13(17)18/h1-5,7H,6H2,(H,17,18). The SMILES string of the molecule is O=C(O)c1cc2cc(Cn3cc(I)cn3)ccc2o1. The van der Waals surface area contributed by atoms with Crippen LogP contribution < -0.4 is 0 Å². The molecule has 3 aromatic rings. The van der Waals surface area contributed by atoms with E-state index in [9.17, 15) is 4.79 Å². The van der Waals surface area contributed by atoms with Gasteiger partial charge in [-0.1, -0.05) is 6.07 Å². The van der Waals surface area contributed by atoms with Crippen molar-refractivity contribution >= 4 is 39.5 Å². The Morgan fingerprint density at radius 2 is 2.26 bits per heavy atom. The van der Waals surface area contributed by atoms with Crippen LogP contribution in [0.15, 0.2) is 41.1 Å². The Bertz CT molecular complexity index is 760. The number of hydrogen-bond donors (Lipinski definition) is 1. The second-order valence-electron chi connectivity index (χ2n) is 4.14. The van der Waals surface area contributed by atoms with E-state index in [0.717, 1.165) is 14.5 Å². The predicted octanol–water partition coefficient (Wildman–Crippen LogP) is 2.98. The lowest BCUT2D eigenvalue weighted by atomic mass is 10.1. The van der Waals surface area contributed by atoms with Crippen molar-refractivity contribution in [2.24, 2.45) is 0 Å². The lowest BCUT2D eigenvalue weighted by Crippen LogP contribution is -1.99. The first-order chi connectivity index (χ1) is 9.11. The average molecular weight is 368 g/mol. The molecule has 0 aliphatic rings. The smallest absolute Gasteiger partial charge is 0.371 e. The topological polar surface area (TPSA) is 68.3 Å². The fourth-order valence-electron chi connectivity index (χ4n) is 1.91. The molecule has 0 fully saturated rings. The highest BCUT2D eigenvalue weighted by molar-refractivity contribution is 14.1. The third-order valence-electron chi connectivity index (χ3n) is 2.74. The van der Waals surface area contributed by atoms with E-state index in [-0.39, 0.29) is 5.76 Å². The van der Waals surface area contributed by atoms with E-state index < -0.39 is 5.97 Å². The molecule has 1 aromatic carbocycles. The molecule has 6 heteroatoms. The fraction of sp³-hybridized carbons (Fsp3) is 0.0769. The molecule has 5 nitrogen and oxygen atoms in total. The van der Waals surface area contributed by atoms with Crippen molar-refractivity contribution in [3.8, 4) is 0 Å². The quantitative estimate of drug-likeness (QED) is 0.722. The summed E-state index contributed by atoms with van der Waals surface area (Å²) in [7, 11) is 0. The summed E-state index contributed by atoms with van der Waals surface area (Å²) in [6.45, 7) is 0.645. The summed E-state index contributed by atoms with van der Waals surface area (Å²) in [5.74, 6) is -1.10. The van der Waals surface area contributed by atoms with E-state index in [0.29, 0.717) is 12.1 Å². The van der Waals surface area contributed by atoms with E-state index in [1.165, 1.54) is 6.07 Å². The first kappa shape index (κ1) is 12.2. The van der Waals surface area contributed by atoms with Gasteiger partial charge in [0.2, 0.25) is 5.76 Å². The lowest BCUT2D eigenvalue weighted by Gasteiger charge is -2.01. The number of aromatic carboxylic acids is 1. The van der Waals surface area contributed by atoms with Crippen LogP contribution in [0.25, 0.3) is 11.0 Å². The maximum Gasteiger partial charge on any atom is 0.371 e. The summed E-state index contributed by atoms with van der Waals surface area (Å²) in [6, 6.07) is 7.14. The first-order valence-electron chi connectivity index (χ1n) is 5.55. The largest absolute Gasteiger partial charge is 0.475 e. The van der Waals surface area contributed by atoms with E-state index in [1.54, 1.807) is 12.3 Å². The molecule has 1 N–H and O–H groups in total. The molecular weight excluding hydrogens is 359 g/mol. The summed E-state index contributed by atoms with van der Waals surface area (Å²) in [4.78, 5) is 10.8. The van der Waals surface area contributed by atoms with Crippen LogP contribution in [0.2, 0.25) is 0 Å². The van der Waals surface area contributed by atoms with E-state index in [4.69, 9.17) is 9.52 Å². The number of benzene rings is 1. The molecule has 0 amide bonds. The Morgan fingerprint density at radius 1 is 1.42 bits per heavy atom. The van der Waals surface area contributed by atoms with Crippen LogP contribution >= 0.6 is 22.6 Å².